The summed E-state index contributed by atoms with van der Waals surface area (Å²) in [5.41, 5.74) is 2.50. The molecule has 88 valence electrons. The Morgan fingerprint density at radius 3 is 2.75 bits per heavy atom. The van der Waals surface area contributed by atoms with E-state index in [0.717, 1.165) is 30.7 Å². The Bertz CT molecular complexity index is 392. The topological polar surface area (TPSA) is 55.0 Å². The standard InChI is InChI=1S/C12H18N2O2/c1-7(2)6-9-10(12(15)16-3)11(14-13-9)8-4-5-8/h7-8H,4-6H2,1-3H3,(H,13,14). The number of H-pyrrole nitrogens is 1. The number of esters is 1. The molecule has 0 radical (unpaired) electrons. The van der Waals surface area contributed by atoms with Crippen molar-refractivity contribution in [3.63, 3.8) is 0 Å². The Morgan fingerprint density at radius 1 is 1.56 bits per heavy atom. The summed E-state index contributed by atoms with van der Waals surface area (Å²) in [5.74, 6) is 0.702. The maximum atomic E-state index is 11.7. The molecule has 1 fully saturated rings. The molecular weight excluding hydrogens is 204 g/mol. The zero-order valence-electron chi connectivity index (χ0n) is 10.0. The number of nitrogens with one attached hydrogen (secondary N) is 1. The summed E-state index contributed by atoms with van der Waals surface area (Å²) in [6.45, 7) is 4.25. The van der Waals surface area contributed by atoms with Gasteiger partial charge in [0.25, 0.3) is 0 Å². The van der Waals surface area contributed by atoms with Gasteiger partial charge >= 0.3 is 5.97 Å². The molecule has 4 heteroatoms. The largest absolute Gasteiger partial charge is 0.465 e. The average molecular weight is 222 g/mol. The van der Waals surface area contributed by atoms with Crippen LogP contribution >= 0.6 is 0 Å². The van der Waals surface area contributed by atoms with Gasteiger partial charge in [-0.25, -0.2) is 4.79 Å². The quantitative estimate of drug-likeness (QED) is 0.795. The number of aromatic amines is 1. The van der Waals surface area contributed by atoms with E-state index < -0.39 is 0 Å². The molecule has 0 unspecified atom stereocenters. The summed E-state index contributed by atoms with van der Waals surface area (Å²) in [6, 6.07) is 0. The van der Waals surface area contributed by atoms with Gasteiger partial charge < -0.3 is 4.74 Å². The third-order valence-corrected chi connectivity index (χ3v) is 2.84. The van der Waals surface area contributed by atoms with Crippen LogP contribution in [0.15, 0.2) is 0 Å². The Balaban J connectivity index is 2.33. The molecule has 0 aromatic carbocycles. The SMILES string of the molecule is COC(=O)c1c(C2CC2)n[nH]c1CC(C)C. The first-order valence-corrected chi connectivity index (χ1v) is 5.79. The summed E-state index contributed by atoms with van der Waals surface area (Å²) in [5, 5.41) is 7.27. The van der Waals surface area contributed by atoms with Crippen molar-refractivity contribution >= 4 is 5.97 Å². The lowest BCUT2D eigenvalue weighted by Gasteiger charge is -2.05. The highest BCUT2D eigenvalue weighted by Gasteiger charge is 2.33. The van der Waals surface area contributed by atoms with Crippen molar-refractivity contribution in [1.82, 2.24) is 10.2 Å². The molecular formula is C12H18N2O2. The van der Waals surface area contributed by atoms with Gasteiger partial charge in [-0.1, -0.05) is 13.8 Å². The maximum Gasteiger partial charge on any atom is 0.341 e. The number of ether oxygens (including phenoxy) is 1. The monoisotopic (exact) mass is 222 g/mol. The van der Waals surface area contributed by atoms with E-state index >= 15 is 0 Å². The first-order chi connectivity index (χ1) is 7.63. The maximum absolute atomic E-state index is 11.7. The van der Waals surface area contributed by atoms with Gasteiger partial charge in [-0.15, -0.1) is 0 Å². The summed E-state index contributed by atoms with van der Waals surface area (Å²) < 4.78 is 4.84. The van der Waals surface area contributed by atoms with Crippen molar-refractivity contribution in [2.45, 2.75) is 39.0 Å². The summed E-state index contributed by atoms with van der Waals surface area (Å²) in [7, 11) is 1.42. The van der Waals surface area contributed by atoms with E-state index in [1.54, 1.807) is 0 Å². The normalized spacial score (nSPS) is 15.5. The first-order valence-electron chi connectivity index (χ1n) is 5.79. The molecule has 0 aliphatic heterocycles. The van der Waals surface area contributed by atoms with E-state index in [9.17, 15) is 4.79 Å². The van der Waals surface area contributed by atoms with E-state index in [-0.39, 0.29) is 5.97 Å². The summed E-state index contributed by atoms with van der Waals surface area (Å²) in [6.07, 6.45) is 3.11. The minimum absolute atomic E-state index is 0.258. The molecule has 1 aliphatic carbocycles. The molecule has 1 aliphatic rings. The molecule has 16 heavy (non-hydrogen) atoms. The fraction of sp³-hybridized carbons (Fsp3) is 0.667. The molecule has 0 atom stereocenters. The molecule has 4 nitrogen and oxygen atoms in total. The van der Waals surface area contributed by atoms with E-state index in [1.165, 1.54) is 7.11 Å². The minimum Gasteiger partial charge on any atom is -0.465 e. The Labute approximate surface area is 95.4 Å². The fourth-order valence-electron chi connectivity index (χ4n) is 1.93. The fourth-order valence-corrected chi connectivity index (χ4v) is 1.93. The number of carbonyl (C=O) groups excluding carboxylic acids is 1. The zero-order chi connectivity index (χ0) is 11.7. The van der Waals surface area contributed by atoms with Crippen LogP contribution < -0.4 is 0 Å². The van der Waals surface area contributed by atoms with Crippen LogP contribution in [0.4, 0.5) is 0 Å². The lowest BCUT2D eigenvalue weighted by Crippen LogP contribution is -2.08. The Kier molecular flexibility index (Phi) is 2.99. The van der Waals surface area contributed by atoms with Crippen LogP contribution in [0.1, 0.15) is 54.4 Å². The minimum atomic E-state index is -0.258. The number of rotatable bonds is 4. The van der Waals surface area contributed by atoms with Crippen molar-refractivity contribution in [3.05, 3.63) is 17.0 Å². The molecule has 1 aromatic heterocycles. The van der Waals surface area contributed by atoms with Crippen LogP contribution in [-0.2, 0) is 11.2 Å². The zero-order valence-corrected chi connectivity index (χ0v) is 10.0. The van der Waals surface area contributed by atoms with Crippen molar-refractivity contribution in [2.24, 2.45) is 5.92 Å². The predicted molar refractivity (Wildman–Crippen MR) is 60.4 cm³/mol. The first kappa shape index (κ1) is 11.2. The van der Waals surface area contributed by atoms with Gasteiger partial charge in [-0.3, -0.25) is 5.10 Å². The van der Waals surface area contributed by atoms with Crippen molar-refractivity contribution in [3.8, 4) is 0 Å². The summed E-state index contributed by atoms with van der Waals surface area (Å²) in [4.78, 5) is 11.7. The Hall–Kier alpha value is -1.32. The van der Waals surface area contributed by atoms with Crippen molar-refractivity contribution in [2.75, 3.05) is 7.11 Å². The van der Waals surface area contributed by atoms with E-state index in [4.69, 9.17) is 4.74 Å². The molecule has 1 aromatic rings. The predicted octanol–water partition coefficient (Wildman–Crippen LogP) is 2.27. The Morgan fingerprint density at radius 2 is 2.25 bits per heavy atom. The van der Waals surface area contributed by atoms with Gasteiger partial charge in [-0.2, -0.15) is 5.10 Å². The smallest absolute Gasteiger partial charge is 0.341 e. The molecule has 2 rings (SSSR count). The molecule has 0 amide bonds. The molecule has 1 heterocycles. The van der Waals surface area contributed by atoms with E-state index in [1.807, 2.05) is 0 Å². The van der Waals surface area contributed by atoms with E-state index in [0.29, 0.717) is 17.4 Å². The third kappa shape index (κ3) is 2.10. The number of nitrogens with zero attached hydrogens (tertiary/aromatic N) is 1. The second-order valence-electron chi connectivity index (χ2n) is 4.83. The highest BCUT2D eigenvalue weighted by Crippen LogP contribution is 2.41. The van der Waals surface area contributed by atoms with E-state index in [2.05, 4.69) is 24.0 Å². The number of methoxy groups -OCH3 is 1. The molecule has 1 saturated carbocycles. The molecule has 0 spiro atoms. The van der Waals surface area contributed by atoms with Crippen LogP contribution in [0, 0.1) is 5.92 Å². The van der Waals surface area contributed by atoms with Crippen LogP contribution in [0.3, 0.4) is 0 Å². The second-order valence-corrected chi connectivity index (χ2v) is 4.83. The molecule has 1 N–H and O–H groups in total. The lowest BCUT2D eigenvalue weighted by atomic mass is 10.0. The molecule has 0 bridgehead atoms. The van der Waals surface area contributed by atoms with Gasteiger partial charge in [-0.05, 0) is 25.2 Å². The average Bonchev–Trinajstić information content (AvgIpc) is 3.00. The van der Waals surface area contributed by atoms with Crippen molar-refractivity contribution < 1.29 is 9.53 Å². The third-order valence-electron chi connectivity index (χ3n) is 2.84. The van der Waals surface area contributed by atoms with Gasteiger partial charge in [0, 0.05) is 5.92 Å². The highest BCUT2D eigenvalue weighted by atomic mass is 16.5. The lowest BCUT2D eigenvalue weighted by molar-refractivity contribution is 0.0598. The van der Waals surface area contributed by atoms with Gasteiger partial charge in [0.2, 0.25) is 0 Å². The number of carbonyl (C=O) groups is 1. The number of hydrogen-bond donors (Lipinski definition) is 1. The van der Waals surface area contributed by atoms with Gasteiger partial charge in [0.05, 0.1) is 18.5 Å². The van der Waals surface area contributed by atoms with Crippen LogP contribution in [0.25, 0.3) is 0 Å². The highest BCUT2D eigenvalue weighted by molar-refractivity contribution is 5.92. The number of hydrogen-bond acceptors (Lipinski definition) is 3. The van der Waals surface area contributed by atoms with Crippen LogP contribution in [-0.4, -0.2) is 23.3 Å². The van der Waals surface area contributed by atoms with Crippen LogP contribution in [0.2, 0.25) is 0 Å². The number of aromatic nitrogens is 2. The van der Waals surface area contributed by atoms with Gasteiger partial charge in [0.1, 0.15) is 5.56 Å². The van der Waals surface area contributed by atoms with Crippen molar-refractivity contribution in [1.29, 1.82) is 0 Å². The molecule has 0 saturated heterocycles. The van der Waals surface area contributed by atoms with Gasteiger partial charge in [0.15, 0.2) is 0 Å². The van der Waals surface area contributed by atoms with Crippen LogP contribution in [0.5, 0.6) is 0 Å². The summed E-state index contributed by atoms with van der Waals surface area (Å²) >= 11 is 0. The second kappa shape index (κ2) is 4.28.